The monoisotopic (exact) mass is 382 g/mol. The molecule has 1 aromatic heterocycles. The molecule has 0 amide bonds. The maximum absolute atomic E-state index is 11.3. The number of benzene rings is 2. The molecule has 0 atom stereocenters. The summed E-state index contributed by atoms with van der Waals surface area (Å²) in [6, 6.07) is 10.0. The molecule has 0 spiro atoms. The lowest BCUT2D eigenvalue weighted by atomic mass is 10.1. The van der Waals surface area contributed by atoms with Crippen molar-refractivity contribution in [2.45, 2.75) is 18.7 Å². The van der Waals surface area contributed by atoms with Gasteiger partial charge in [-0.2, -0.15) is 8.42 Å². The fraction of sp³-hybridized carbons (Fsp3) is 0.118. The standard InChI is InChI=1S/C11H10O3.C6H5ClO3S/c1-6-7(2)11(13)14-10-5-8(12)3-4-9(6)10;7-5-1-3-6(4-2-5)11(8,9)10/h3-5,12H,1-2H3;1-4H,(H,8,9,10). The Morgan fingerprint density at radius 3 is 2.16 bits per heavy atom. The van der Waals surface area contributed by atoms with Crippen LogP contribution in [0.25, 0.3) is 11.0 Å². The van der Waals surface area contributed by atoms with Gasteiger partial charge in [-0.15, -0.1) is 0 Å². The quantitative estimate of drug-likeness (QED) is 0.491. The largest absolute Gasteiger partial charge is 0.508 e. The molecule has 2 N–H and O–H groups in total. The third-order valence-electron chi connectivity index (χ3n) is 3.55. The topological polar surface area (TPSA) is 105 Å². The summed E-state index contributed by atoms with van der Waals surface area (Å²) in [4.78, 5) is 11.2. The summed E-state index contributed by atoms with van der Waals surface area (Å²) < 4.78 is 34.5. The molecule has 0 aliphatic heterocycles. The van der Waals surface area contributed by atoms with Gasteiger partial charge < -0.3 is 9.52 Å². The van der Waals surface area contributed by atoms with Crippen molar-refractivity contribution in [1.29, 1.82) is 0 Å². The Bertz CT molecular complexity index is 1070. The number of phenolic OH excluding ortho intramolecular Hbond substituents is 1. The number of fused-ring (bicyclic) bond motifs is 1. The van der Waals surface area contributed by atoms with Crippen LogP contribution in [-0.2, 0) is 10.1 Å². The summed E-state index contributed by atoms with van der Waals surface area (Å²) >= 11 is 5.49. The second-order valence-electron chi connectivity index (χ2n) is 5.25. The average molecular weight is 383 g/mol. The van der Waals surface area contributed by atoms with E-state index in [9.17, 15) is 18.3 Å². The van der Waals surface area contributed by atoms with Gasteiger partial charge in [-0.25, -0.2) is 4.79 Å². The first-order valence-electron chi connectivity index (χ1n) is 7.05. The minimum atomic E-state index is -4.08. The zero-order chi connectivity index (χ0) is 18.8. The van der Waals surface area contributed by atoms with Crippen LogP contribution in [-0.4, -0.2) is 18.1 Å². The minimum absolute atomic E-state index is 0.101. The first-order valence-corrected chi connectivity index (χ1v) is 8.87. The number of halogens is 1. The molecule has 0 saturated heterocycles. The predicted octanol–water partition coefficient (Wildman–Crippen LogP) is 3.70. The number of hydrogen-bond donors (Lipinski definition) is 2. The first kappa shape index (κ1) is 19.0. The van der Waals surface area contributed by atoms with Crippen LogP contribution in [0.4, 0.5) is 0 Å². The highest BCUT2D eigenvalue weighted by Gasteiger charge is 2.08. The van der Waals surface area contributed by atoms with Gasteiger partial charge in [0, 0.05) is 22.0 Å². The lowest BCUT2D eigenvalue weighted by Crippen LogP contribution is -2.05. The highest BCUT2D eigenvalue weighted by atomic mass is 35.5. The molecule has 6 nitrogen and oxygen atoms in total. The van der Waals surface area contributed by atoms with Crippen molar-refractivity contribution in [1.82, 2.24) is 0 Å². The van der Waals surface area contributed by atoms with Crippen LogP contribution in [0, 0.1) is 13.8 Å². The van der Waals surface area contributed by atoms with Crippen molar-refractivity contribution >= 4 is 32.7 Å². The van der Waals surface area contributed by atoms with Crippen LogP contribution in [0.15, 0.2) is 56.6 Å². The number of hydrogen-bond acceptors (Lipinski definition) is 5. The van der Waals surface area contributed by atoms with E-state index in [1.165, 1.54) is 30.3 Å². The number of phenols is 1. The van der Waals surface area contributed by atoms with E-state index in [1.807, 2.05) is 6.92 Å². The first-order chi connectivity index (χ1) is 11.6. The van der Waals surface area contributed by atoms with E-state index in [4.69, 9.17) is 20.6 Å². The maximum atomic E-state index is 11.3. The van der Waals surface area contributed by atoms with Gasteiger partial charge >= 0.3 is 5.63 Å². The molecule has 0 aliphatic carbocycles. The molecule has 25 heavy (non-hydrogen) atoms. The second-order valence-corrected chi connectivity index (χ2v) is 7.11. The van der Waals surface area contributed by atoms with E-state index in [0.717, 1.165) is 10.9 Å². The number of rotatable bonds is 1. The normalized spacial score (nSPS) is 11.0. The van der Waals surface area contributed by atoms with Crippen molar-refractivity contribution in [3.63, 3.8) is 0 Å². The molecular formula is C17H15ClO6S. The van der Waals surface area contributed by atoms with Gasteiger partial charge in [0.2, 0.25) is 0 Å². The van der Waals surface area contributed by atoms with Crippen molar-refractivity contribution in [2.24, 2.45) is 0 Å². The summed E-state index contributed by atoms with van der Waals surface area (Å²) in [6.45, 7) is 3.60. The Morgan fingerprint density at radius 1 is 1.00 bits per heavy atom. The fourth-order valence-corrected chi connectivity index (χ4v) is 2.65. The molecule has 0 fully saturated rings. The molecule has 0 radical (unpaired) electrons. The van der Waals surface area contributed by atoms with E-state index in [0.29, 0.717) is 16.2 Å². The van der Waals surface area contributed by atoms with Gasteiger partial charge in [0.15, 0.2) is 0 Å². The maximum Gasteiger partial charge on any atom is 0.339 e. The third kappa shape index (κ3) is 4.60. The summed E-state index contributed by atoms with van der Waals surface area (Å²) in [7, 11) is -4.08. The summed E-state index contributed by atoms with van der Waals surface area (Å²) in [5.74, 6) is 0.101. The molecule has 1 heterocycles. The second kappa shape index (κ2) is 7.26. The fourth-order valence-electron chi connectivity index (χ4n) is 2.04. The summed E-state index contributed by atoms with van der Waals surface area (Å²) in [5, 5.41) is 10.5. The number of aryl methyl sites for hydroxylation is 1. The van der Waals surface area contributed by atoms with Gasteiger partial charge in [0.05, 0.1) is 4.90 Å². The molecule has 132 valence electrons. The van der Waals surface area contributed by atoms with Gasteiger partial charge in [0.1, 0.15) is 11.3 Å². The Hall–Kier alpha value is -2.35. The SMILES string of the molecule is Cc1c(C)c2ccc(O)cc2oc1=O.O=S(=O)(O)c1ccc(Cl)cc1. The minimum Gasteiger partial charge on any atom is -0.508 e. The molecule has 0 aliphatic rings. The van der Waals surface area contributed by atoms with E-state index >= 15 is 0 Å². The number of aromatic hydroxyl groups is 1. The van der Waals surface area contributed by atoms with Crippen molar-refractivity contribution in [3.05, 3.63) is 69.0 Å². The van der Waals surface area contributed by atoms with E-state index in [2.05, 4.69) is 0 Å². The van der Waals surface area contributed by atoms with E-state index < -0.39 is 10.1 Å². The van der Waals surface area contributed by atoms with Gasteiger partial charge in [-0.1, -0.05) is 11.6 Å². The van der Waals surface area contributed by atoms with Crippen molar-refractivity contribution in [2.75, 3.05) is 0 Å². The van der Waals surface area contributed by atoms with Gasteiger partial charge in [-0.3, -0.25) is 4.55 Å². The molecule has 0 unspecified atom stereocenters. The highest BCUT2D eigenvalue weighted by molar-refractivity contribution is 7.85. The summed E-state index contributed by atoms with van der Waals surface area (Å²) in [6.07, 6.45) is 0. The van der Waals surface area contributed by atoms with Crippen molar-refractivity contribution in [3.8, 4) is 5.75 Å². The third-order valence-corrected chi connectivity index (χ3v) is 4.67. The lowest BCUT2D eigenvalue weighted by molar-refractivity contribution is 0.472. The molecule has 3 aromatic rings. The molecular weight excluding hydrogens is 368 g/mol. The average Bonchev–Trinajstić information content (AvgIpc) is 2.53. The Balaban J connectivity index is 0.000000186. The van der Waals surface area contributed by atoms with Crippen LogP contribution in [0.3, 0.4) is 0 Å². The predicted molar refractivity (Wildman–Crippen MR) is 94.9 cm³/mol. The van der Waals surface area contributed by atoms with E-state index in [1.54, 1.807) is 19.1 Å². The molecule has 0 bridgehead atoms. The molecule has 3 rings (SSSR count). The van der Waals surface area contributed by atoms with E-state index in [-0.39, 0.29) is 16.3 Å². The Morgan fingerprint density at radius 2 is 1.60 bits per heavy atom. The Kier molecular flexibility index (Phi) is 5.52. The van der Waals surface area contributed by atoms with Crippen LogP contribution < -0.4 is 5.63 Å². The smallest absolute Gasteiger partial charge is 0.339 e. The zero-order valence-corrected chi connectivity index (χ0v) is 14.9. The molecule has 2 aromatic carbocycles. The van der Waals surface area contributed by atoms with Crippen LogP contribution >= 0.6 is 11.6 Å². The molecule has 0 saturated carbocycles. The Labute approximate surface area is 149 Å². The van der Waals surface area contributed by atoms with Crippen molar-refractivity contribution < 1.29 is 22.5 Å². The van der Waals surface area contributed by atoms with Crippen LogP contribution in [0.1, 0.15) is 11.1 Å². The van der Waals surface area contributed by atoms with Crippen LogP contribution in [0.5, 0.6) is 5.75 Å². The highest BCUT2D eigenvalue weighted by Crippen LogP contribution is 2.22. The van der Waals surface area contributed by atoms with Crippen LogP contribution in [0.2, 0.25) is 5.02 Å². The van der Waals surface area contributed by atoms with Gasteiger partial charge in [0.25, 0.3) is 10.1 Å². The zero-order valence-electron chi connectivity index (χ0n) is 13.4. The summed E-state index contributed by atoms with van der Waals surface area (Å²) in [5.41, 5.74) is 1.60. The van der Waals surface area contributed by atoms with Gasteiger partial charge in [-0.05, 0) is 55.8 Å². The molecule has 8 heteroatoms. The lowest BCUT2D eigenvalue weighted by Gasteiger charge is -2.03.